The van der Waals surface area contributed by atoms with Crippen molar-refractivity contribution in [2.24, 2.45) is 0 Å². The molecule has 0 aliphatic heterocycles. The Hall–Kier alpha value is -4.61. The number of ether oxygens (including phenoxy) is 4. The molecular formula is C33H42N3O9+. The zero-order chi connectivity index (χ0) is 32.7. The van der Waals surface area contributed by atoms with Crippen LogP contribution >= 0.6 is 0 Å². The van der Waals surface area contributed by atoms with E-state index in [4.69, 9.17) is 18.9 Å². The maximum absolute atomic E-state index is 11.6. The van der Waals surface area contributed by atoms with Crippen LogP contribution in [0, 0.1) is 0 Å². The van der Waals surface area contributed by atoms with E-state index < -0.39 is 11.6 Å². The minimum Gasteiger partial charge on any atom is -0.461 e. The van der Waals surface area contributed by atoms with Crippen LogP contribution in [0.3, 0.4) is 0 Å². The molecule has 12 nitrogen and oxygen atoms in total. The number of aromatic nitrogens is 3. The molecule has 242 valence electrons. The molecule has 3 aliphatic rings. The van der Waals surface area contributed by atoms with Gasteiger partial charge in [0.05, 0.1) is 31.2 Å². The summed E-state index contributed by atoms with van der Waals surface area (Å²) < 4.78 is 20.0. The SMILES string of the molecule is CCOC(=O)c1cc2c([nH]1)C(=O)CC2.CCOC(=O)c1cc2c([nH]1)C(C)(OC(C)=O)CC2.CCOC(=O)c1cc2c([nH]1)CCC2.[H+]. The molecule has 6 rings (SSSR count). The van der Waals surface area contributed by atoms with E-state index in [1.165, 1.54) is 24.6 Å². The lowest BCUT2D eigenvalue weighted by Gasteiger charge is -2.23. The second-order valence-corrected chi connectivity index (χ2v) is 11.1. The van der Waals surface area contributed by atoms with E-state index in [9.17, 15) is 24.0 Å². The summed E-state index contributed by atoms with van der Waals surface area (Å²) in [5.74, 6) is -1.25. The molecule has 0 fully saturated rings. The summed E-state index contributed by atoms with van der Waals surface area (Å²) in [6.07, 6.45) is 6.14. The number of aromatic amines is 3. The molecule has 0 spiro atoms. The molecule has 0 amide bonds. The molecule has 0 bridgehead atoms. The third-order valence-electron chi connectivity index (χ3n) is 7.82. The van der Waals surface area contributed by atoms with Crippen molar-refractivity contribution in [1.29, 1.82) is 0 Å². The summed E-state index contributed by atoms with van der Waals surface area (Å²) in [7, 11) is 0. The van der Waals surface area contributed by atoms with Gasteiger partial charge < -0.3 is 33.9 Å². The first-order valence-electron chi connectivity index (χ1n) is 15.4. The summed E-state index contributed by atoms with van der Waals surface area (Å²) in [5.41, 5.74) is 6.56. The monoisotopic (exact) mass is 624 g/mol. The first-order chi connectivity index (χ1) is 21.5. The summed E-state index contributed by atoms with van der Waals surface area (Å²) in [6.45, 7) is 9.68. The second-order valence-electron chi connectivity index (χ2n) is 11.1. The maximum Gasteiger partial charge on any atom is 1.00 e. The van der Waals surface area contributed by atoms with Gasteiger partial charge in [0.1, 0.15) is 22.7 Å². The zero-order valence-corrected chi connectivity index (χ0v) is 26.5. The Kier molecular flexibility index (Phi) is 10.7. The number of nitrogens with one attached hydrogen (secondary N) is 3. The lowest BCUT2D eigenvalue weighted by atomic mass is 10.0. The van der Waals surface area contributed by atoms with Crippen LogP contribution in [-0.2, 0) is 55.0 Å². The van der Waals surface area contributed by atoms with Crippen LogP contribution in [0.1, 0.15) is 125 Å². The summed E-state index contributed by atoms with van der Waals surface area (Å²) >= 11 is 0. The van der Waals surface area contributed by atoms with Gasteiger partial charge in [-0.05, 0) is 101 Å². The van der Waals surface area contributed by atoms with E-state index in [1.807, 2.05) is 19.9 Å². The highest BCUT2D eigenvalue weighted by atomic mass is 16.6. The van der Waals surface area contributed by atoms with Crippen molar-refractivity contribution < 1.29 is 44.3 Å². The Balaban J connectivity index is 0.000000189. The first-order valence-corrected chi connectivity index (χ1v) is 15.4. The summed E-state index contributed by atoms with van der Waals surface area (Å²) in [4.78, 5) is 65.5. The number of ketones is 1. The molecule has 0 saturated carbocycles. The number of H-pyrrole nitrogens is 3. The van der Waals surface area contributed by atoms with Crippen LogP contribution in [0.4, 0.5) is 0 Å². The summed E-state index contributed by atoms with van der Waals surface area (Å²) in [5, 5.41) is 0. The number of carbonyl (C=O) groups excluding carboxylic acids is 5. The van der Waals surface area contributed by atoms with Crippen molar-refractivity contribution in [3.63, 3.8) is 0 Å². The van der Waals surface area contributed by atoms with Crippen LogP contribution in [0.15, 0.2) is 18.2 Å². The minimum absolute atomic E-state index is 0. The molecule has 3 aromatic heterocycles. The topological polar surface area (TPSA) is 170 Å². The van der Waals surface area contributed by atoms with Crippen molar-refractivity contribution in [2.75, 3.05) is 19.8 Å². The molecule has 12 heteroatoms. The summed E-state index contributed by atoms with van der Waals surface area (Å²) in [6, 6.07) is 5.40. The van der Waals surface area contributed by atoms with Gasteiger partial charge in [0.25, 0.3) is 0 Å². The Bertz CT molecular complexity index is 1560. The lowest BCUT2D eigenvalue weighted by Crippen LogP contribution is -2.26. The number of fused-ring (bicyclic) bond motifs is 3. The van der Waals surface area contributed by atoms with E-state index in [0.29, 0.717) is 49.0 Å². The fourth-order valence-electron chi connectivity index (χ4n) is 5.80. The van der Waals surface area contributed by atoms with Gasteiger partial charge in [-0.3, -0.25) is 9.59 Å². The fraction of sp³-hybridized carbons (Fsp3) is 0.485. The van der Waals surface area contributed by atoms with E-state index >= 15 is 0 Å². The Labute approximate surface area is 263 Å². The van der Waals surface area contributed by atoms with Gasteiger partial charge in [-0.2, -0.15) is 0 Å². The van der Waals surface area contributed by atoms with Crippen molar-refractivity contribution in [2.45, 2.75) is 85.2 Å². The largest absolute Gasteiger partial charge is 1.00 e. The predicted octanol–water partition coefficient (Wildman–Crippen LogP) is 5.03. The molecular weight excluding hydrogens is 582 g/mol. The molecule has 1 unspecified atom stereocenters. The quantitative estimate of drug-likeness (QED) is 0.241. The number of hydrogen-bond acceptors (Lipinski definition) is 9. The minimum atomic E-state index is -0.661. The molecule has 1 atom stereocenters. The third kappa shape index (κ3) is 7.73. The smallest absolute Gasteiger partial charge is 0.461 e. The number of rotatable bonds is 7. The highest BCUT2D eigenvalue weighted by Crippen LogP contribution is 2.39. The van der Waals surface area contributed by atoms with Crippen molar-refractivity contribution in [3.8, 4) is 0 Å². The zero-order valence-electron chi connectivity index (χ0n) is 27.5. The number of carbonyl (C=O) groups is 5. The molecule has 3 heterocycles. The number of aryl methyl sites for hydroxylation is 4. The standard InChI is InChI=1S/C13H17NO4.C10H11NO3.C10H13NO2/c1-4-17-12(16)10-7-9-5-6-13(3,11(9)14-10)18-8(2)15;1-2-14-10(13)7-5-6-3-4-8(12)9(6)11-7;1-2-13-10(12)9-6-7-4-3-5-8(7)11-9/h7,14H,4-6H2,1-3H3;5,11H,2-4H2,1H3;6,11H,2-5H2,1H3/p+1. The number of hydrogen-bond donors (Lipinski definition) is 3. The Morgan fingerprint density at radius 3 is 1.84 bits per heavy atom. The van der Waals surface area contributed by atoms with Crippen molar-refractivity contribution >= 4 is 29.7 Å². The van der Waals surface area contributed by atoms with Gasteiger partial charge in [-0.1, -0.05) is 0 Å². The Morgan fingerprint density at radius 2 is 1.29 bits per heavy atom. The van der Waals surface area contributed by atoms with Gasteiger partial charge >= 0.3 is 25.3 Å². The van der Waals surface area contributed by atoms with Crippen LogP contribution in [0.25, 0.3) is 0 Å². The van der Waals surface area contributed by atoms with E-state index in [0.717, 1.165) is 48.9 Å². The molecule has 0 radical (unpaired) electrons. The molecule has 3 N–H and O–H groups in total. The van der Waals surface area contributed by atoms with Crippen molar-refractivity contribution in [1.82, 2.24) is 15.0 Å². The van der Waals surface area contributed by atoms with Crippen LogP contribution in [-0.4, -0.2) is 64.4 Å². The highest BCUT2D eigenvalue weighted by molar-refractivity contribution is 6.01. The van der Waals surface area contributed by atoms with Gasteiger partial charge in [0.2, 0.25) is 0 Å². The predicted molar refractivity (Wildman–Crippen MR) is 163 cm³/mol. The molecule has 0 aromatic carbocycles. The number of Topliss-reactive ketones (excluding diaryl/α,β-unsaturated/α-hetero) is 1. The van der Waals surface area contributed by atoms with Crippen LogP contribution in [0.2, 0.25) is 0 Å². The normalized spacial score (nSPS) is 17.1. The maximum atomic E-state index is 11.6. The average Bonchev–Trinajstić information content (AvgIpc) is 3.81. The van der Waals surface area contributed by atoms with Gasteiger partial charge in [0.15, 0.2) is 5.78 Å². The molecule has 3 aromatic rings. The first kappa shape index (κ1) is 33.3. The third-order valence-corrected chi connectivity index (χ3v) is 7.82. The second kappa shape index (κ2) is 14.4. The van der Waals surface area contributed by atoms with E-state index in [1.54, 1.807) is 26.0 Å². The molecule has 3 aliphatic carbocycles. The number of esters is 4. The fourth-order valence-corrected chi connectivity index (χ4v) is 5.80. The van der Waals surface area contributed by atoms with Gasteiger partial charge in [0, 0.05) is 19.0 Å². The average molecular weight is 625 g/mol. The van der Waals surface area contributed by atoms with Gasteiger partial charge in [-0.15, -0.1) is 0 Å². The highest BCUT2D eigenvalue weighted by Gasteiger charge is 2.40. The van der Waals surface area contributed by atoms with E-state index in [2.05, 4.69) is 15.0 Å². The van der Waals surface area contributed by atoms with E-state index in [-0.39, 0.29) is 25.1 Å². The van der Waals surface area contributed by atoms with Crippen molar-refractivity contribution in [3.05, 3.63) is 69.1 Å². The van der Waals surface area contributed by atoms with Gasteiger partial charge in [-0.25, -0.2) is 14.4 Å². The molecule has 45 heavy (non-hydrogen) atoms. The Morgan fingerprint density at radius 1 is 0.733 bits per heavy atom. The van der Waals surface area contributed by atoms with Crippen LogP contribution < -0.4 is 0 Å². The lowest BCUT2D eigenvalue weighted by molar-refractivity contribution is -0.156. The molecule has 0 saturated heterocycles. The van der Waals surface area contributed by atoms with Crippen LogP contribution in [0.5, 0.6) is 0 Å².